The lowest BCUT2D eigenvalue weighted by molar-refractivity contribution is -0.0242. The summed E-state index contributed by atoms with van der Waals surface area (Å²) >= 11 is 0. The molecule has 0 unspecified atom stereocenters. The normalized spacial score (nSPS) is 18.0. The summed E-state index contributed by atoms with van der Waals surface area (Å²) in [6.07, 6.45) is 1.40. The van der Waals surface area contributed by atoms with E-state index in [-0.39, 0.29) is 16.7 Å². The average molecular weight is 408 g/mol. The fourth-order valence-corrected chi connectivity index (χ4v) is 4.12. The summed E-state index contributed by atoms with van der Waals surface area (Å²) in [5, 5.41) is 3.09. The summed E-state index contributed by atoms with van der Waals surface area (Å²) in [4.78, 5) is 12.2. The molecule has 1 atom stereocenters. The van der Waals surface area contributed by atoms with E-state index >= 15 is 0 Å². The highest BCUT2D eigenvalue weighted by atomic mass is 28.2. The first-order valence-electron chi connectivity index (χ1n) is 10.1. The third-order valence-corrected chi connectivity index (χ3v) is 6.47. The second kappa shape index (κ2) is 8.07. The number of anilines is 1. The first-order valence-corrected chi connectivity index (χ1v) is 11.4. The van der Waals surface area contributed by atoms with E-state index < -0.39 is 21.5 Å². The van der Waals surface area contributed by atoms with E-state index in [0.717, 1.165) is 29.8 Å². The van der Waals surface area contributed by atoms with Crippen molar-refractivity contribution >= 4 is 21.5 Å². The van der Waals surface area contributed by atoms with Gasteiger partial charge in [-0.2, -0.15) is 0 Å². The molecule has 0 aromatic heterocycles. The summed E-state index contributed by atoms with van der Waals surface area (Å²) < 4.78 is 18.2. The van der Waals surface area contributed by atoms with Crippen LogP contribution in [0.3, 0.4) is 0 Å². The largest absolute Gasteiger partial charge is 0.487 e. The predicted octanol–water partition coefficient (Wildman–Crippen LogP) is 5.13. The molecular weight excluding hydrogens is 370 g/mol. The van der Waals surface area contributed by atoms with Crippen molar-refractivity contribution in [3.8, 4) is 5.75 Å². The first-order chi connectivity index (χ1) is 12.7. The molecule has 158 valence electrons. The summed E-state index contributed by atoms with van der Waals surface area (Å²) in [7, 11) is -0.678. The van der Waals surface area contributed by atoms with Crippen LogP contribution in [0.1, 0.15) is 72.9 Å². The van der Waals surface area contributed by atoms with E-state index in [1.807, 2.05) is 39.8 Å². The molecule has 1 heterocycles. The number of amides is 1. The molecular formula is C22H37NO4Si. The van der Waals surface area contributed by atoms with Gasteiger partial charge in [0.15, 0.2) is 9.76 Å². The Bertz CT molecular complexity index is 716. The molecule has 0 saturated heterocycles. The minimum absolute atomic E-state index is 0.00896. The Hall–Kier alpha value is -1.53. The molecule has 0 fully saturated rings. The maximum absolute atomic E-state index is 12.2. The molecule has 1 aromatic carbocycles. The number of hydrogen-bond donors (Lipinski definition) is 1. The van der Waals surface area contributed by atoms with Crippen molar-refractivity contribution in [3.05, 3.63) is 23.3 Å². The van der Waals surface area contributed by atoms with Crippen LogP contribution < -0.4 is 10.1 Å². The monoisotopic (exact) mass is 407 g/mol. The Labute approximate surface area is 172 Å². The second-order valence-electron chi connectivity index (χ2n) is 10.5. The second-order valence-corrected chi connectivity index (χ2v) is 13.1. The quantitative estimate of drug-likeness (QED) is 0.703. The van der Waals surface area contributed by atoms with Gasteiger partial charge in [-0.15, -0.1) is 0 Å². The van der Waals surface area contributed by atoms with E-state index in [1.165, 1.54) is 5.56 Å². The van der Waals surface area contributed by atoms with Gasteiger partial charge in [-0.25, -0.2) is 4.79 Å². The predicted molar refractivity (Wildman–Crippen MR) is 117 cm³/mol. The Morgan fingerprint density at radius 2 is 1.79 bits per heavy atom. The van der Waals surface area contributed by atoms with Gasteiger partial charge >= 0.3 is 6.09 Å². The summed E-state index contributed by atoms with van der Waals surface area (Å²) in [5.74, 6) is 0.860. The number of benzene rings is 1. The minimum atomic E-state index is -0.678. The van der Waals surface area contributed by atoms with Crippen LogP contribution in [-0.2, 0) is 15.6 Å². The molecule has 1 amide bonds. The van der Waals surface area contributed by atoms with E-state index in [9.17, 15) is 4.79 Å². The van der Waals surface area contributed by atoms with Crippen LogP contribution in [-0.4, -0.2) is 33.2 Å². The number of rotatable bonds is 4. The highest BCUT2D eigenvalue weighted by molar-refractivity contribution is 6.31. The lowest BCUT2D eigenvalue weighted by Crippen LogP contribution is -2.46. The van der Waals surface area contributed by atoms with E-state index in [1.54, 1.807) is 0 Å². The smallest absolute Gasteiger partial charge is 0.412 e. The molecule has 0 bridgehead atoms. The summed E-state index contributed by atoms with van der Waals surface area (Å²) in [5.41, 5.74) is 1.95. The number of carbonyl (C=O) groups excluding carboxylic acids is 1. The maximum Gasteiger partial charge on any atom is 0.412 e. The Kier molecular flexibility index (Phi) is 6.56. The van der Waals surface area contributed by atoms with Crippen LogP contribution in [0.2, 0.25) is 5.04 Å². The molecule has 1 aliphatic heterocycles. The van der Waals surface area contributed by atoms with Crippen LogP contribution in [0.15, 0.2) is 12.1 Å². The van der Waals surface area contributed by atoms with E-state index in [2.05, 4.69) is 39.9 Å². The molecule has 1 aliphatic rings. The molecule has 2 rings (SSSR count). The fraction of sp³-hybridized carbons (Fsp3) is 0.682. The third kappa shape index (κ3) is 6.24. The van der Waals surface area contributed by atoms with Gasteiger partial charge in [-0.1, -0.05) is 26.8 Å². The highest BCUT2D eigenvalue weighted by Crippen LogP contribution is 2.39. The van der Waals surface area contributed by atoms with Crippen molar-refractivity contribution in [3.63, 3.8) is 0 Å². The molecule has 5 nitrogen and oxygen atoms in total. The zero-order valence-corrected chi connectivity index (χ0v) is 20.4. The van der Waals surface area contributed by atoms with E-state index in [4.69, 9.17) is 13.9 Å². The van der Waals surface area contributed by atoms with Gasteiger partial charge in [0.25, 0.3) is 0 Å². The van der Waals surface area contributed by atoms with Crippen LogP contribution in [0.25, 0.3) is 0 Å². The van der Waals surface area contributed by atoms with Crippen molar-refractivity contribution < 1.29 is 18.7 Å². The Morgan fingerprint density at radius 1 is 1.14 bits per heavy atom. The van der Waals surface area contributed by atoms with Crippen molar-refractivity contribution in [1.29, 1.82) is 0 Å². The standard InChI is InChI=1S/C22H37NO4Si/c1-14-16(23-19(24)26-20(2,3)4)12-10-15-11-13-17(25-18(14)15)22(8,9)27-28-21(5,6)7/h10,12,17H,11,13,28H2,1-9H3,(H,23,24)/t17-/m1/s1. The molecule has 28 heavy (non-hydrogen) atoms. The zero-order chi connectivity index (χ0) is 21.3. The Balaban J connectivity index is 2.16. The van der Waals surface area contributed by atoms with E-state index in [0.29, 0.717) is 0 Å². The third-order valence-electron chi connectivity index (χ3n) is 4.71. The molecule has 1 aromatic rings. The Morgan fingerprint density at radius 3 is 2.36 bits per heavy atom. The van der Waals surface area contributed by atoms with Crippen LogP contribution in [0.5, 0.6) is 5.75 Å². The van der Waals surface area contributed by atoms with Gasteiger partial charge in [-0.3, -0.25) is 5.32 Å². The summed E-state index contributed by atoms with van der Waals surface area (Å²) in [6, 6.07) is 3.96. The van der Waals surface area contributed by atoms with Crippen molar-refractivity contribution in [2.45, 2.75) is 97.5 Å². The van der Waals surface area contributed by atoms with Crippen LogP contribution >= 0.6 is 0 Å². The lowest BCUT2D eigenvalue weighted by Gasteiger charge is -2.40. The number of ether oxygens (including phenoxy) is 2. The van der Waals surface area contributed by atoms with Gasteiger partial charge in [0.2, 0.25) is 0 Å². The fourth-order valence-electron chi connectivity index (χ4n) is 3.13. The summed E-state index contributed by atoms with van der Waals surface area (Å²) in [6.45, 7) is 18.5. The molecule has 0 aliphatic carbocycles. The molecule has 6 heteroatoms. The van der Waals surface area contributed by atoms with Gasteiger partial charge in [0, 0.05) is 5.56 Å². The molecule has 0 spiro atoms. The van der Waals surface area contributed by atoms with Crippen LogP contribution in [0.4, 0.5) is 10.5 Å². The minimum Gasteiger partial charge on any atom is -0.487 e. The number of carbonyl (C=O) groups is 1. The molecule has 1 N–H and O–H groups in total. The molecule has 0 radical (unpaired) electrons. The number of fused-ring (bicyclic) bond motifs is 1. The van der Waals surface area contributed by atoms with Crippen molar-refractivity contribution in [1.82, 2.24) is 0 Å². The van der Waals surface area contributed by atoms with Gasteiger partial charge < -0.3 is 13.9 Å². The topological polar surface area (TPSA) is 56.8 Å². The first kappa shape index (κ1) is 22.8. The SMILES string of the molecule is Cc1c(NC(=O)OC(C)(C)C)ccc2c1O[C@@H](C(C)(C)O[SiH2]C(C)(C)C)CC2. The zero-order valence-electron chi connectivity index (χ0n) is 19.0. The highest BCUT2D eigenvalue weighted by Gasteiger charge is 2.36. The number of aryl methyl sites for hydroxylation is 1. The lowest BCUT2D eigenvalue weighted by atomic mass is 9.91. The number of hydrogen-bond acceptors (Lipinski definition) is 4. The van der Waals surface area contributed by atoms with Crippen LogP contribution in [0, 0.1) is 6.92 Å². The van der Waals surface area contributed by atoms with Gasteiger partial charge in [0.1, 0.15) is 17.5 Å². The van der Waals surface area contributed by atoms with Gasteiger partial charge in [0.05, 0.1) is 11.3 Å². The van der Waals surface area contributed by atoms with Crippen molar-refractivity contribution in [2.24, 2.45) is 0 Å². The average Bonchev–Trinajstić information content (AvgIpc) is 2.53. The maximum atomic E-state index is 12.2. The van der Waals surface area contributed by atoms with Gasteiger partial charge in [-0.05, 0) is 71.1 Å². The molecule has 0 saturated carbocycles. The van der Waals surface area contributed by atoms with Crippen molar-refractivity contribution in [2.75, 3.05) is 5.32 Å². The number of nitrogens with one attached hydrogen (secondary N) is 1.